The quantitative estimate of drug-likeness (QED) is 0.248. The van der Waals surface area contributed by atoms with Gasteiger partial charge in [0, 0.05) is 11.1 Å². The van der Waals surface area contributed by atoms with Gasteiger partial charge < -0.3 is 29.0 Å². The number of furan rings is 1. The van der Waals surface area contributed by atoms with Crippen molar-refractivity contribution in [1.82, 2.24) is 10.1 Å². The first-order chi connectivity index (χ1) is 17.8. The van der Waals surface area contributed by atoms with Gasteiger partial charge in [-0.1, -0.05) is 11.2 Å². The molecule has 1 unspecified atom stereocenters. The molecule has 190 valence electrons. The lowest BCUT2D eigenvalue weighted by molar-refractivity contribution is -0.402. The zero-order valence-electron chi connectivity index (χ0n) is 20.0. The molecule has 5 rings (SSSR count). The molecule has 0 saturated heterocycles. The first-order valence-electron chi connectivity index (χ1n) is 11.2. The molecule has 2 N–H and O–H groups in total. The monoisotopic (exact) mass is 522 g/mol. The summed E-state index contributed by atoms with van der Waals surface area (Å²) in [4.78, 5) is 27.0. The van der Waals surface area contributed by atoms with E-state index < -0.39 is 10.8 Å². The predicted molar refractivity (Wildman–Crippen MR) is 134 cm³/mol. The molecule has 1 aromatic carbocycles. The topological polar surface area (TPSA) is 144 Å². The number of aromatic nitrogens is 1. The van der Waals surface area contributed by atoms with E-state index in [1.165, 1.54) is 36.6 Å². The van der Waals surface area contributed by atoms with Gasteiger partial charge in [-0.05, 0) is 54.6 Å². The standard InChI is InChI=1S/C25H22N4O7S/c1-13-23(14(2)36-27-13)26-25(31)18-12-28(11-15-6-7-22(35-15)29(32)33)24(21-5-4-8-37-21)17-10-20(34-3)19(30)9-16(17)18/h4-10,12,24,30H,11H2,1-3H3,(H,26,31). The Morgan fingerprint density at radius 1 is 1.32 bits per heavy atom. The molecule has 1 amide bonds. The number of benzene rings is 1. The fraction of sp³-hybridized carbons (Fsp3) is 0.200. The summed E-state index contributed by atoms with van der Waals surface area (Å²) in [5.41, 5.74) is 2.48. The second-order valence-electron chi connectivity index (χ2n) is 8.39. The number of nitro groups is 1. The van der Waals surface area contributed by atoms with E-state index in [2.05, 4.69) is 10.5 Å². The third-order valence-corrected chi connectivity index (χ3v) is 6.98. The SMILES string of the molecule is COc1cc2c(cc1O)C(C(=O)Nc1c(C)noc1C)=CN(Cc1ccc([N+](=O)[O-])o1)C2c1cccs1. The van der Waals surface area contributed by atoms with Crippen LogP contribution in [0.1, 0.15) is 39.3 Å². The number of thiophene rings is 1. The highest BCUT2D eigenvalue weighted by molar-refractivity contribution is 7.10. The minimum Gasteiger partial charge on any atom is -0.504 e. The molecule has 11 nitrogen and oxygen atoms in total. The Labute approximate surface area is 214 Å². The van der Waals surface area contributed by atoms with E-state index in [4.69, 9.17) is 13.7 Å². The molecule has 0 aliphatic carbocycles. The van der Waals surface area contributed by atoms with Crippen molar-refractivity contribution in [1.29, 1.82) is 0 Å². The number of hydrogen-bond acceptors (Lipinski definition) is 10. The first-order valence-corrected chi connectivity index (χ1v) is 12.0. The number of aromatic hydroxyl groups is 1. The molecule has 0 fully saturated rings. The van der Waals surface area contributed by atoms with Gasteiger partial charge in [-0.15, -0.1) is 11.3 Å². The lowest BCUT2D eigenvalue weighted by Gasteiger charge is -2.36. The minimum absolute atomic E-state index is 0.114. The van der Waals surface area contributed by atoms with Crippen LogP contribution in [0.3, 0.4) is 0 Å². The maximum atomic E-state index is 13.6. The number of carbonyl (C=O) groups is 1. The molecule has 0 radical (unpaired) electrons. The normalized spacial score (nSPS) is 14.7. The first kappa shape index (κ1) is 24.1. The van der Waals surface area contributed by atoms with Crippen LogP contribution < -0.4 is 10.1 Å². The lowest BCUT2D eigenvalue weighted by atomic mass is 9.88. The second-order valence-corrected chi connectivity index (χ2v) is 9.37. The number of nitrogens with zero attached hydrogens (tertiary/aromatic N) is 3. The zero-order valence-corrected chi connectivity index (χ0v) is 20.9. The maximum Gasteiger partial charge on any atom is 0.433 e. The molecule has 0 spiro atoms. The molecule has 37 heavy (non-hydrogen) atoms. The van der Waals surface area contributed by atoms with Gasteiger partial charge in [0.05, 0.1) is 31.3 Å². The molecule has 4 aromatic rings. The maximum absolute atomic E-state index is 13.6. The second kappa shape index (κ2) is 9.47. The van der Waals surface area contributed by atoms with E-state index in [9.17, 15) is 20.0 Å². The highest BCUT2D eigenvalue weighted by Gasteiger charge is 2.34. The summed E-state index contributed by atoms with van der Waals surface area (Å²) < 4.78 is 16.0. The minimum atomic E-state index is -0.599. The van der Waals surface area contributed by atoms with Crippen LogP contribution >= 0.6 is 11.3 Å². The van der Waals surface area contributed by atoms with Gasteiger partial charge in [-0.25, -0.2) is 0 Å². The Balaban J connectivity index is 1.64. The molecule has 12 heteroatoms. The van der Waals surface area contributed by atoms with Crippen LogP contribution in [0.15, 0.2) is 56.9 Å². The van der Waals surface area contributed by atoms with E-state index in [0.717, 1.165) is 4.88 Å². The van der Waals surface area contributed by atoms with Crippen LogP contribution in [0.2, 0.25) is 0 Å². The third-order valence-electron chi connectivity index (χ3n) is 6.06. The van der Waals surface area contributed by atoms with Gasteiger partial charge in [0.2, 0.25) is 0 Å². The number of phenols is 1. The highest BCUT2D eigenvalue weighted by Crippen LogP contribution is 2.45. The number of aryl methyl sites for hydroxylation is 2. The molecular formula is C25H22N4O7S. The summed E-state index contributed by atoms with van der Waals surface area (Å²) in [7, 11) is 1.45. The number of amides is 1. The van der Waals surface area contributed by atoms with Crippen LogP contribution in [0.5, 0.6) is 11.5 Å². The number of carbonyl (C=O) groups excluding carboxylic acids is 1. The van der Waals surface area contributed by atoms with Crippen molar-refractivity contribution in [3.8, 4) is 11.5 Å². The summed E-state index contributed by atoms with van der Waals surface area (Å²) in [6.07, 6.45) is 1.67. The van der Waals surface area contributed by atoms with Crippen molar-refractivity contribution >= 4 is 34.4 Å². The smallest absolute Gasteiger partial charge is 0.433 e. The Hall–Kier alpha value is -4.58. The fourth-order valence-corrected chi connectivity index (χ4v) is 5.21. The van der Waals surface area contributed by atoms with Crippen molar-refractivity contribution in [2.45, 2.75) is 26.4 Å². The third kappa shape index (κ3) is 4.42. The molecule has 1 aliphatic rings. The van der Waals surface area contributed by atoms with E-state index in [-0.39, 0.29) is 35.5 Å². The number of fused-ring (bicyclic) bond motifs is 1. The van der Waals surface area contributed by atoms with E-state index in [1.807, 2.05) is 22.4 Å². The Morgan fingerprint density at radius 3 is 2.76 bits per heavy atom. The van der Waals surface area contributed by atoms with Crippen LogP contribution in [0.4, 0.5) is 11.6 Å². The van der Waals surface area contributed by atoms with Crippen LogP contribution in [-0.2, 0) is 11.3 Å². The van der Waals surface area contributed by atoms with Crippen molar-refractivity contribution in [2.24, 2.45) is 0 Å². The summed E-state index contributed by atoms with van der Waals surface area (Å²) in [5.74, 6) is 0.131. The summed E-state index contributed by atoms with van der Waals surface area (Å²) in [6, 6.07) is 9.52. The van der Waals surface area contributed by atoms with Gasteiger partial charge in [-0.3, -0.25) is 14.9 Å². The summed E-state index contributed by atoms with van der Waals surface area (Å²) in [6.45, 7) is 3.55. The van der Waals surface area contributed by atoms with Crippen molar-refractivity contribution in [3.63, 3.8) is 0 Å². The van der Waals surface area contributed by atoms with Gasteiger partial charge in [-0.2, -0.15) is 0 Å². The van der Waals surface area contributed by atoms with Gasteiger partial charge >= 0.3 is 5.88 Å². The van der Waals surface area contributed by atoms with Crippen molar-refractivity contribution in [3.05, 3.63) is 91.3 Å². The number of ether oxygens (including phenoxy) is 1. The number of phenolic OH excluding ortho intramolecular Hbond substituents is 1. The van der Waals surface area contributed by atoms with Crippen molar-refractivity contribution < 1.29 is 28.5 Å². The lowest BCUT2D eigenvalue weighted by Crippen LogP contribution is -2.30. The Kier molecular flexibility index (Phi) is 6.17. The van der Waals surface area contributed by atoms with Crippen LogP contribution in [0.25, 0.3) is 5.57 Å². The van der Waals surface area contributed by atoms with Crippen LogP contribution in [-0.4, -0.2) is 33.1 Å². The van der Waals surface area contributed by atoms with Gasteiger partial charge in [0.25, 0.3) is 5.91 Å². The van der Waals surface area contributed by atoms with E-state index >= 15 is 0 Å². The van der Waals surface area contributed by atoms with Crippen LogP contribution in [0, 0.1) is 24.0 Å². The average Bonchev–Trinajstić information content (AvgIpc) is 3.63. The molecule has 4 heterocycles. The Bertz CT molecular complexity index is 1500. The molecule has 1 atom stereocenters. The van der Waals surface area contributed by atoms with Gasteiger partial charge in [0.1, 0.15) is 22.1 Å². The highest BCUT2D eigenvalue weighted by atomic mass is 32.1. The predicted octanol–water partition coefficient (Wildman–Crippen LogP) is 5.15. The number of hydrogen-bond donors (Lipinski definition) is 2. The zero-order chi connectivity index (χ0) is 26.3. The molecule has 1 aliphatic heterocycles. The number of anilines is 1. The van der Waals surface area contributed by atoms with Gasteiger partial charge in [0.15, 0.2) is 17.3 Å². The Morgan fingerprint density at radius 2 is 2.14 bits per heavy atom. The number of nitrogens with one attached hydrogen (secondary N) is 1. The summed E-state index contributed by atoms with van der Waals surface area (Å²) in [5, 5.41) is 30.4. The average molecular weight is 523 g/mol. The van der Waals surface area contributed by atoms with Crippen molar-refractivity contribution in [2.75, 3.05) is 12.4 Å². The molecule has 0 bridgehead atoms. The van der Waals surface area contributed by atoms with E-state index in [0.29, 0.717) is 34.0 Å². The largest absolute Gasteiger partial charge is 0.504 e. The fourth-order valence-electron chi connectivity index (χ4n) is 4.35. The molecule has 3 aromatic heterocycles. The van der Waals surface area contributed by atoms with E-state index in [1.54, 1.807) is 26.1 Å². The summed E-state index contributed by atoms with van der Waals surface area (Å²) >= 11 is 1.52. The number of rotatable bonds is 7. The number of methoxy groups -OCH3 is 1. The molecular weight excluding hydrogens is 500 g/mol. The molecule has 0 saturated carbocycles.